The van der Waals surface area contributed by atoms with E-state index in [1.807, 2.05) is 40.1 Å². The van der Waals surface area contributed by atoms with E-state index >= 15 is 0 Å². The number of aromatic nitrogens is 1. The van der Waals surface area contributed by atoms with Gasteiger partial charge in [-0.3, -0.25) is 0 Å². The van der Waals surface area contributed by atoms with E-state index in [0.29, 0.717) is 24.7 Å². The van der Waals surface area contributed by atoms with E-state index in [-0.39, 0.29) is 5.69 Å². The van der Waals surface area contributed by atoms with Crippen LogP contribution in [0.2, 0.25) is 0 Å². The van der Waals surface area contributed by atoms with Crippen LogP contribution in [0.15, 0.2) is 30.3 Å². The standard InChI is InChI=1S/C23H28N2O3/c1-6-27-23(26)21-10-11-22(28-13-7-12-25(4)5)20(24-21)9-8-19-15-17(2)14-18(3)16-19/h10-11,14-16H,6-7,12-13H2,1-5H3. The lowest BCUT2D eigenvalue weighted by molar-refractivity contribution is 0.0519. The summed E-state index contributed by atoms with van der Waals surface area (Å²) >= 11 is 0. The average Bonchev–Trinajstić information content (AvgIpc) is 2.63. The first kappa shape index (κ1) is 21.5. The minimum atomic E-state index is -0.462. The molecule has 0 saturated carbocycles. The van der Waals surface area contributed by atoms with E-state index in [2.05, 4.69) is 27.8 Å². The average molecular weight is 380 g/mol. The molecule has 2 rings (SSSR count). The number of hydrogen-bond donors (Lipinski definition) is 0. The van der Waals surface area contributed by atoms with Crippen molar-refractivity contribution in [2.45, 2.75) is 27.2 Å². The number of ether oxygens (including phenoxy) is 2. The van der Waals surface area contributed by atoms with E-state index in [0.717, 1.165) is 29.7 Å². The summed E-state index contributed by atoms with van der Waals surface area (Å²) in [7, 11) is 4.05. The number of carbonyl (C=O) groups is 1. The summed E-state index contributed by atoms with van der Waals surface area (Å²) in [4.78, 5) is 18.5. The number of aryl methyl sites for hydroxylation is 2. The molecule has 0 N–H and O–H groups in total. The largest absolute Gasteiger partial charge is 0.491 e. The molecule has 0 aliphatic rings. The van der Waals surface area contributed by atoms with Gasteiger partial charge in [0.25, 0.3) is 0 Å². The minimum Gasteiger partial charge on any atom is -0.491 e. The van der Waals surface area contributed by atoms with Crippen LogP contribution in [0.1, 0.15) is 46.2 Å². The van der Waals surface area contributed by atoms with E-state index in [1.165, 1.54) is 0 Å². The summed E-state index contributed by atoms with van der Waals surface area (Å²) in [5, 5.41) is 0. The van der Waals surface area contributed by atoms with Gasteiger partial charge in [0.05, 0.1) is 13.2 Å². The van der Waals surface area contributed by atoms with Crippen LogP contribution >= 0.6 is 0 Å². The Morgan fingerprint density at radius 3 is 2.46 bits per heavy atom. The molecular weight excluding hydrogens is 352 g/mol. The van der Waals surface area contributed by atoms with Gasteiger partial charge in [-0.1, -0.05) is 12.0 Å². The van der Waals surface area contributed by atoms with Crippen molar-refractivity contribution < 1.29 is 14.3 Å². The fourth-order valence-corrected chi connectivity index (χ4v) is 2.71. The van der Waals surface area contributed by atoms with Gasteiger partial charge >= 0.3 is 5.97 Å². The zero-order valence-corrected chi connectivity index (χ0v) is 17.3. The highest BCUT2D eigenvalue weighted by molar-refractivity contribution is 5.87. The molecule has 28 heavy (non-hydrogen) atoms. The molecule has 0 aliphatic heterocycles. The summed E-state index contributed by atoms with van der Waals surface area (Å²) in [6.07, 6.45) is 0.885. The van der Waals surface area contributed by atoms with Crippen LogP contribution in [-0.2, 0) is 4.74 Å². The van der Waals surface area contributed by atoms with Gasteiger partial charge in [0, 0.05) is 12.1 Å². The zero-order valence-electron chi connectivity index (χ0n) is 17.3. The third kappa shape index (κ3) is 6.71. The Morgan fingerprint density at radius 1 is 1.11 bits per heavy atom. The Balaban J connectivity index is 2.30. The Kier molecular flexibility index (Phi) is 8.03. The lowest BCUT2D eigenvalue weighted by atomic mass is 10.1. The fourth-order valence-electron chi connectivity index (χ4n) is 2.71. The van der Waals surface area contributed by atoms with Gasteiger partial charge < -0.3 is 14.4 Å². The number of pyridine rings is 1. The van der Waals surface area contributed by atoms with Crippen LogP contribution in [0, 0.1) is 25.7 Å². The molecule has 0 radical (unpaired) electrons. The van der Waals surface area contributed by atoms with Crippen molar-refractivity contribution in [3.63, 3.8) is 0 Å². The van der Waals surface area contributed by atoms with Gasteiger partial charge in [-0.25, -0.2) is 9.78 Å². The summed E-state index contributed by atoms with van der Waals surface area (Å²) in [5.41, 5.74) is 3.87. The molecule has 0 spiro atoms. The summed E-state index contributed by atoms with van der Waals surface area (Å²) < 4.78 is 10.9. The van der Waals surface area contributed by atoms with Crippen molar-refractivity contribution in [2.24, 2.45) is 0 Å². The number of rotatable bonds is 7. The highest BCUT2D eigenvalue weighted by Crippen LogP contribution is 2.18. The quantitative estimate of drug-likeness (QED) is 0.417. The van der Waals surface area contributed by atoms with Crippen LogP contribution in [0.5, 0.6) is 5.75 Å². The topological polar surface area (TPSA) is 51.7 Å². The maximum absolute atomic E-state index is 12.0. The van der Waals surface area contributed by atoms with Crippen molar-refractivity contribution >= 4 is 5.97 Å². The Hall–Kier alpha value is -2.84. The molecule has 148 valence electrons. The number of nitrogens with zero attached hydrogens (tertiary/aromatic N) is 2. The van der Waals surface area contributed by atoms with Crippen LogP contribution in [0.4, 0.5) is 0 Å². The summed E-state index contributed by atoms with van der Waals surface area (Å²) in [5.74, 6) is 6.31. The number of benzene rings is 1. The lowest BCUT2D eigenvalue weighted by Crippen LogP contribution is -2.16. The molecule has 0 bridgehead atoms. The van der Waals surface area contributed by atoms with Gasteiger partial charge in [0.1, 0.15) is 5.69 Å². The molecule has 0 fully saturated rings. The van der Waals surface area contributed by atoms with Gasteiger partial charge in [-0.15, -0.1) is 0 Å². The van der Waals surface area contributed by atoms with Crippen LogP contribution in [-0.4, -0.2) is 49.7 Å². The molecule has 1 aromatic heterocycles. The van der Waals surface area contributed by atoms with E-state index in [9.17, 15) is 4.79 Å². The molecule has 5 nitrogen and oxygen atoms in total. The number of esters is 1. The van der Waals surface area contributed by atoms with Crippen molar-refractivity contribution in [3.05, 3.63) is 58.4 Å². The van der Waals surface area contributed by atoms with Crippen molar-refractivity contribution in [1.29, 1.82) is 0 Å². The molecule has 0 amide bonds. The predicted octanol–water partition coefficient (Wildman–Crippen LogP) is 3.61. The molecule has 0 atom stereocenters. The Morgan fingerprint density at radius 2 is 1.82 bits per heavy atom. The smallest absolute Gasteiger partial charge is 0.356 e. The van der Waals surface area contributed by atoms with Crippen molar-refractivity contribution in [3.8, 4) is 17.6 Å². The van der Waals surface area contributed by atoms with Crippen molar-refractivity contribution in [2.75, 3.05) is 33.9 Å². The molecular formula is C23H28N2O3. The third-order valence-corrected chi connectivity index (χ3v) is 3.90. The molecule has 1 aromatic carbocycles. The number of carbonyl (C=O) groups excluding carboxylic acids is 1. The molecule has 2 aromatic rings. The summed E-state index contributed by atoms with van der Waals surface area (Å²) in [6.45, 7) is 7.62. The van der Waals surface area contributed by atoms with E-state index in [4.69, 9.17) is 9.47 Å². The predicted molar refractivity (Wildman–Crippen MR) is 111 cm³/mol. The Bertz CT molecular complexity index is 859. The highest BCUT2D eigenvalue weighted by atomic mass is 16.5. The lowest BCUT2D eigenvalue weighted by Gasteiger charge is -2.11. The highest BCUT2D eigenvalue weighted by Gasteiger charge is 2.12. The van der Waals surface area contributed by atoms with E-state index < -0.39 is 5.97 Å². The maximum atomic E-state index is 12.0. The minimum absolute atomic E-state index is 0.229. The SMILES string of the molecule is CCOC(=O)c1ccc(OCCCN(C)C)c(C#Cc2cc(C)cc(C)c2)n1. The second-order valence-corrected chi connectivity index (χ2v) is 6.90. The monoisotopic (exact) mass is 380 g/mol. The van der Waals surface area contributed by atoms with Gasteiger partial charge in [-0.2, -0.15) is 0 Å². The molecule has 5 heteroatoms. The normalized spacial score (nSPS) is 10.4. The third-order valence-electron chi connectivity index (χ3n) is 3.90. The van der Waals surface area contributed by atoms with Gasteiger partial charge in [-0.05, 0) is 82.6 Å². The van der Waals surface area contributed by atoms with Crippen LogP contribution in [0.3, 0.4) is 0 Å². The first-order chi connectivity index (χ1) is 13.4. The Labute approximate surface area is 167 Å². The molecule has 0 unspecified atom stereocenters. The first-order valence-corrected chi connectivity index (χ1v) is 9.45. The van der Waals surface area contributed by atoms with E-state index in [1.54, 1.807) is 19.1 Å². The zero-order chi connectivity index (χ0) is 20.5. The summed E-state index contributed by atoms with van der Waals surface area (Å²) in [6, 6.07) is 9.49. The molecule has 1 heterocycles. The van der Waals surface area contributed by atoms with Crippen LogP contribution in [0.25, 0.3) is 0 Å². The second-order valence-electron chi connectivity index (χ2n) is 6.90. The van der Waals surface area contributed by atoms with Crippen molar-refractivity contribution in [1.82, 2.24) is 9.88 Å². The first-order valence-electron chi connectivity index (χ1n) is 9.45. The second kappa shape index (κ2) is 10.5. The number of hydrogen-bond acceptors (Lipinski definition) is 5. The van der Waals surface area contributed by atoms with Crippen LogP contribution < -0.4 is 4.74 Å². The maximum Gasteiger partial charge on any atom is 0.356 e. The molecule has 0 saturated heterocycles. The molecule has 0 aliphatic carbocycles. The van der Waals surface area contributed by atoms with Gasteiger partial charge in [0.15, 0.2) is 11.4 Å². The fraction of sp³-hybridized carbons (Fsp3) is 0.391. The van der Waals surface area contributed by atoms with Gasteiger partial charge in [0.2, 0.25) is 0 Å².